The van der Waals surface area contributed by atoms with Crippen molar-refractivity contribution in [2.24, 2.45) is 0 Å². The van der Waals surface area contributed by atoms with Crippen LogP contribution in [-0.2, 0) is 6.54 Å². The van der Waals surface area contributed by atoms with Crippen LogP contribution in [0.15, 0.2) is 33.4 Å². The summed E-state index contributed by atoms with van der Waals surface area (Å²) in [6.07, 6.45) is 2.40. The Labute approximate surface area is 105 Å². The fraction of sp³-hybridized carbons (Fsp3) is 0.462. The molecule has 5 nitrogen and oxygen atoms in total. The lowest BCUT2D eigenvalue weighted by atomic mass is 9.91. The van der Waals surface area contributed by atoms with E-state index in [1.54, 1.807) is 6.26 Å². The summed E-state index contributed by atoms with van der Waals surface area (Å²) in [5.74, 6) is 1.32. The van der Waals surface area contributed by atoms with Gasteiger partial charge >= 0.3 is 0 Å². The van der Waals surface area contributed by atoms with Gasteiger partial charge in [0.1, 0.15) is 0 Å². The van der Waals surface area contributed by atoms with Gasteiger partial charge in [0.05, 0.1) is 17.6 Å². The molecule has 0 unspecified atom stereocenters. The van der Waals surface area contributed by atoms with Crippen molar-refractivity contribution >= 4 is 0 Å². The second-order valence-corrected chi connectivity index (χ2v) is 4.88. The minimum absolute atomic E-state index is 0.506. The highest BCUT2D eigenvalue weighted by Crippen LogP contribution is 2.27. The van der Waals surface area contributed by atoms with Gasteiger partial charge in [0.25, 0.3) is 0 Å². The number of nitrogens with zero attached hydrogens (tertiary/aromatic N) is 2. The van der Waals surface area contributed by atoms with Crippen LogP contribution in [0.3, 0.4) is 0 Å². The molecule has 0 bridgehead atoms. The summed E-state index contributed by atoms with van der Waals surface area (Å²) in [6, 6.07) is 5.53. The molecule has 1 N–H and O–H groups in total. The molecule has 96 valence electrons. The largest absolute Gasteiger partial charge is 0.461 e. The monoisotopic (exact) mass is 248 g/mol. The molecule has 3 heterocycles. The van der Waals surface area contributed by atoms with Crippen LogP contribution in [0.1, 0.15) is 19.0 Å². The summed E-state index contributed by atoms with van der Waals surface area (Å²) in [6.45, 7) is 4.11. The maximum Gasteiger partial charge on any atom is 0.202 e. The first-order valence-corrected chi connectivity index (χ1v) is 6.13. The van der Waals surface area contributed by atoms with E-state index in [0.717, 1.165) is 12.1 Å². The number of aliphatic hydroxyl groups is 1. The fourth-order valence-corrected chi connectivity index (χ4v) is 2.27. The highest BCUT2D eigenvalue weighted by molar-refractivity contribution is 5.49. The molecule has 5 heteroatoms. The zero-order chi connectivity index (χ0) is 12.6. The van der Waals surface area contributed by atoms with Crippen LogP contribution in [0.4, 0.5) is 0 Å². The van der Waals surface area contributed by atoms with Gasteiger partial charge in [-0.3, -0.25) is 4.90 Å². The first-order chi connectivity index (χ1) is 8.68. The Morgan fingerprint density at radius 2 is 2.28 bits per heavy atom. The number of furan rings is 1. The lowest BCUT2D eigenvalue weighted by Gasteiger charge is -2.45. The Morgan fingerprint density at radius 3 is 2.94 bits per heavy atom. The van der Waals surface area contributed by atoms with Crippen molar-refractivity contribution in [1.29, 1.82) is 0 Å². The van der Waals surface area contributed by atoms with Gasteiger partial charge in [-0.05, 0) is 18.6 Å². The van der Waals surface area contributed by atoms with Crippen LogP contribution in [-0.4, -0.2) is 33.9 Å². The normalized spacial score (nSPS) is 18.8. The molecule has 18 heavy (non-hydrogen) atoms. The molecule has 0 aliphatic carbocycles. The third kappa shape index (κ3) is 2.07. The predicted octanol–water partition coefficient (Wildman–Crippen LogP) is 1.89. The maximum atomic E-state index is 9.92. The first-order valence-electron chi connectivity index (χ1n) is 6.13. The summed E-state index contributed by atoms with van der Waals surface area (Å²) in [5.41, 5.74) is 0.354. The summed E-state index contributed by atoms with van der Waals surface area (Å²) in [5, 5.41) is 13.9. The number of hydrogen-bond acceptors (Lipinski definition) is 5. The summed E-state index contributed by atoms with van der Waals surface area (Å²) in [4.78, 5) is 2.15. The smallest absolute Gasteiger partial charge is 0.202 e. The number of β-amino-alcohol motifs (C(OH)–C–C–N with tert-alkyl or cyclic N) is 1. The Balaban J connectivity index is 1.62. The van der Waals surface area contributed by atoms with E-state index in [-0.39, 0.29) is 0 Å². The molecule has 1 saturated heterocycles. The summed E-state index contributed by atoms with van der Waals surface area (Å²) >= 11 is 0. The van der Waals surface area contributed by atoms with Crippen LogP contribution < -0.4 is 0 Å². The fourth-order valence-electron chi connectivity index (χ4n) is 2.27. The van der Waals surface area contributed by atoms with Crippen molar-refractivity contribution in [3.63, 3.8) is 0 Å². The van der Waals surface area contributed by atoms with E-state index in [0.29, 0.717) is 31.2 Å². The van der Waals surface area contributed by atoms with Crippen LogP contribution in [0.25, 0.3) is 11.5 Å². The Morgan fingerprint density at radius 1 is 1.44 bits per heavy atom. The number of rotatable bonds is 4. The average molecular weight is 248 g/mol. The summed E-state index contributed by atoms with van der Waals surface area (Å²) < 4.78 is 10.5. The van der Waals surface area contributed by atoms with Crippen molar-refractivity contribution in [2.75, 3.05) is 13.1 Å². The molecule has 2 aromatic heterocycles. The molecule has 0 atom stereocenters. The highest BCUT2D eigenvalue weighted by atomic mass is 16.5. The predicted molar refractivity (Wildman–Crippen MR) is 64.7 cm³/mol. The minimum Gasteiger partial charge on any atom is -0.461 e. The first kappa shape index (κ1) is 11.5. The van der Waals surface area contributed by atoms with Crippen molar-refractivity contribution in [2.45, 2.75) is 25.5 Å². The van der Waals surface area contributed by atoms with Crippen LogP contribution in [0, 0.1) is 0 Å². The Kier molecular flexibility index (Phi) is 2.72. The van der Waals surface area contributed by atoms with Gasteiger partial charge in [0.15, 0.2) is 5.76 Å². The van der Waals surface area contributed by atoms with E-state index >= 15 is 0 Å². The van der Waals surface area contributed by atoms with Gasteiger partial charge in [-0.15, -0.1) is 0 Å². The molecule has 1 fully saturated rings. The number of aromatic nitrogens is 1. The van der Waals surface area contributed by atoms with Crippen LogP contribution >= 0.6 is 0 Å². The van der Waals surface area contributed by atoms with Crippen molar-refractivity contribution in [1.82, 2.24) is 10.1 Å². The third-order valence-electron chi connectivity index (χ3n) is 3.40. The lowest BCUT2D eigenvalue weighted by molar-refractivity contribution is -0.104. The van der Waals surface area contributed by atoms with Crippen molar-refractivity contribution in [3.8, 4) is 11.5 Å². The van der Waals surface area contributed by atoms with Crippen LogP contribution in [0.5, 0.6) is 0 Å². The molecule has 2 aromatic rings. The van der Waals surface area contributed by atoms with E-state index < -0.39 is 5.60 Å². The maximum absolute atomic E-state index is 9.92. The molecule has 0 saturated carbocycles. The third-order valence-corrected chi connectivity index (χ3v) is 3.40. The summed E-state index contributed by atoms with van der Waals surface area (Å²) in [7, 11) is 0. The van der Waals surface area contributed by atoms with E-state index in [1.165, 1.54) is 0 Å². The zero-order valence-corrected chi connectivity index (χ0v) is 10.3. The molecule has 0 spiro atoms. The lowest BCUT2D eigenvalue weighted by Crippen LogP contribution is -2.60. The zero-order valence-electron chi connectivity index (χ0n) is 10.3. The van der Waals surface area contributed by atoms with Gasteiger partial charge in [-0.2, -0.15) is 0 Å². The number of hydrogen-bond donors (Lipinski definition) is 1. The van der Waals surface area contributed by atoms with Gasteiger partial charge in [-0.1, -0.05) is 12.1 Å². The van der Waals surface area contributed by atoms with Gasteiger partial charge in [0, 0.05) is 25.7 Å². The van der Waals surface area contributed by atoms with Crippen molar-refractivity contribution in [3.05, 3.63) is 30.2 Å². The Hall–Kier alpha value is -1.59. The molecular weight excluding hydrogens is 232 g/mol. The topological polar surface area (TPSA) is 62.6 Å². The van der Waals surface area contributed by atoms with Crippen LogP contribution in [0.2, 0.25) is 0 Å². The molecule has 0 aromatic carbocycles. The second-order valence-electron chi connectivity index (χ2n) is 4.88. The highest BCUT2D eigenvalue weighted by Gasteiger charge is 2.39. The van der Waals surface area contributed by atoms with Crippen molar-refractivity contribution < 1.29 is 14.0 Å². The Bertz CT molecular complexity index is 512. The second kappa shape index (κ2) is 4.26. The molecule has 0 amide bonds. The van der Waals surface area contributed by atoms with E-state index in [4.69, 9.17) is 8.94 Å². The molecular formula is C13H16N2O3. The quantitative estimate of drug-likeness (QED) is 0.895. The SMILES string of the molecule is CCC1(O)CN(Cc2cc(-c3ccco3)on2)C1. The van der Waals surface area contributed by atoms with E-state index in [2.05, 4.69) is 10.1 Å². The average Bonchev–Trinajstić information content (AvgIpc) is 2.96. The van der Waals surface area contributed by atoms with E-state index in [1.807, 2.05) is 25.1 Å². The number of likely N-dealkylation sites (tertiary alicyclic amines) is 1. The molecule has 1 aliphatic rings. The molecule has 1 aliphatic heterocycles. The minimum atomic E-state index is -0.506. The molecule has 0 radical (unpaired) electrons. The standard InChI is InChI=1S/C13H16N2O3/c1-2-13(16)8-15(9-13)7-10-6-12(18-14-10)11-4-3-5-17-11/h3-6,16H,2,7-9H2,1H3. The van der Waals surface area contributed by atoms with Gasteiger partial charge < -0.3 is 14.0 Å². The van der Waals surface area contributed by atoms with Gasteiger partial charge in [-0.25, -0.2) is 0 Å². The van der Waals surface area contributed by atoms with E-state index in [9.17, 15) is 5.11 Å². The molecule has 3 rings (SSSR count). The van der Waals surface area contributed by atoms with Gasteiger partial charge in [0.2, 0.25) is 5.76 Å².